The van der Waals surface area contributed by atoms with Crippen LogP contribution in [0.25, 0.3) is 0 Å². The molecule has 1 aromatic carbocycles. The summed E-state index contributed by atoms with van der Waals surface area (Å²) in [5, 5.41) is 8.37. The van der Waals surface area contributed by atoms with Crippen LogP contribution in [-0.2, 0) is 17.1 Å². The van der Waals surface area contributed by atoms with Gasteiger partial charge in [-0.1, -0.05) is 0 Å². The van der Waals surface area contributed by atoms with Crippen molar-refractivity contribution in [2.45, 2.75) is 43.5 Å². The number of hydrogen-bond donors (Lipinski definition) is 0. The van der Waals surface area contributed by atoms with E-state index >= 15 is 0 Å². The van der Waals surface area contributed by atoms with Crippen LogP contribution in [0.2, 0.25) is 0 Å². The van der Waals surface area contributed by atoms with Gasteiger partial charge in [-0.05, 0) is 69.5 Å². The Kier molecular flexibility index (Phi) is 5.25. The lowest BCUT2D eigenvalue weighted by molar-refractivity contribution is 0.0791. The fraction of sp³-hybridized carbons (Fsp3) is 0.600. The molecule has 2 aliphatic heterocycles. The van der Waals surface area contributed by atoms with Gasteiger partial charge in [0, 0.05) is 32.1 Å². The molecule has 7 nitrogen and oxygen atoms in total. The number of hydrogen-bond acceptors (Lipinski definition) is 5. The van der Waals surface area contributed by atoms with Gasteiger partial charge >= 0.3 is 0 Å². The molecule has 158 valence electrons. The summed E-state index contributed by atoms with van der Waals surface area (Å²) in [6, 6.07) is 5.55. The van der Waals surface area contributed by atoms with E-state index in [2.05, 4.69) is 28.9 Å². The lowest BCUT2D eigenvalue weighted by Gasteiger charge is -2.43. The average Bonchev–Trinajstić information content (AvgIpc) is 3.26. The topological polar surface area (TPSA) is 71.3 Å². The van der Waals surface area contributed by atoms with E-state index < -0.39 is 15.8 Å². The second-order valence-corrected chi connectivity index (χ2v) is 10.5. The molecular formula is C20H28FN5O2S. The van der Waals surface area contributed by atoms with Crippen LogP contribution in [0.1, 0.15) is 38.4 Å². The van der Waals surface area contributed by atoms with Crippen LogP contribution >= 0.6 is 0 Å². The highest BCUT2D eigenvalue weighted by molar-refractivity contribution is 7.89. The summed E-state index contributed by atoms with van der Waals surface area (Å²) in [5.41, 5.74) is -0.167. The summed E-state index contributed by atoms with van der Waals surface area (Å²) in [5.74, 6) is 0.374. The Bertz CT molecular complexity index is 965. The molecule has 1 aromatic heterocycles. The van der Waals surface area contributed by atoms with Crippen molar-refractivity contribution < 1.29 is 12.8 Å². The monoisotopic (exact) mass is 421 g/mol. The van der Waals surface area contributed by atoms with E-state index in [1.165, 1.54) is 24.3 Å². The standard InChI is InChI=1S/C20H28FN5O2S/c1-15(2)25-10-8-20(9-11-25)13-26(12-18(20)19-23-22-14-24(19)3)29(27,28)17-6-4-16(21)5-7-17/h4-7,14-15,18H,8-13H2,1-3H3. The molecule has 9 heteroatoms. The molecule has 4 rings (SSSR count). The zero-order chi connectivity index (χ0) is 20.8. The maximum atomic E-state index is 13.3. The fourth-order valence-corrected chi connectivity index (χ4v) is 6.37. The first kappa shape index (κ1) is 20.4. The van der Waals surface area contributed by atoms with Crippen molar-refractivity contribution >= 4 is 10.0 Å². The van der Waals surface area contributed by atoms with Crippen molar-refractivity contribution in [3.05, 3.63) is 42.2 Å². The molecular weight excluding hydrogens is 393 g/mol. The van der Waals surface area contributed by atoms with E-state index in [4.69, 9.17) is 0 Å². The van der Waals surface area contributed by atoms with Gasteiger partial charge in [-0.2, -0.15) is 4.31 Å². The summed E-state index contributed by atoms with van der Waals surface area (Å²) in [6.45, 7) is 7.09. The summed E-state index contributed by atoms with van der Waals surface area (Å²) < 4.78 is 43.3. The Balaban J connectivity index is 1.67. The Morgan fingerprint density at radius 3 is 2.38 bits per heavy atom. The first-order valence-corrected chi connectivity index (χ1v) is 11.5. The maximum absolute atomic E-state index is 13.3. The number of sulfonamides is 1. The largest absolute Gasteiger partial charge is 0.320 e. The highest BCUT2D eigenvalue weighted by Gasteiger charge is 2.53. The Hall–Kier alpha value is -1.84. The van der Waals surface area contributed by atoms with Crippen LogP contribution in [-0.4, -0.2) is 64.6 Å². The molecule has 1 atom stereocenters. The molecule has 0 bridgehead atoms. The number of aryl methyl sites for hydroxylation is 1. The molecule has 0 aliphatic carbocycles. The lowest BCUT2D eigenvalue weighted by Crippen LogP contribution is -2.46. The van der Waals surface area contributed by atoms with Crippen molar-refractivity contribution in [1.82, 2.24) is 24.0 Å². The van der Waals surface area contributed by atoms with E-state index in [0.29, 0.717) is 19.1 Å². The van der Waals surface area contributed by atoms with Gasteiger partial charge in [-0.3, -0.25) is 0 Å². The average molecular weight is 422 g/mol. The predicted octanol–water partition coefficient (Wildman–Crippen LogP) is 2.23. The number of nitrogens with zero attached hydrogens (tertiary/aromatic N) is 5. The molecule has 0 saturated carbocycles. The predicted molar refractivity (Wildman–Crippen MR) is 107 cm³/mol. The van der Waals surface area contributed by atoms with Crippen LogP contribution in [0.3, 0.4) is 0 Å². The zero-order valence-corrected chi connectivity index (χ0v) is 17.9. The Labute approximate surface area is 171 Å². The molecule has 2 fully saturated rings. The van der Waals surface area contributed by atoms with E-state index in [1.807, 2.05) is 11.6 Å². The Morgan fingerprint density at radius 1 is 1.17 bits per heavy atom. The van der Waals surface area contributed by atoms with Crippen LogP contribution in [0, 0.1) is 11.2 Å². The SMILES string of the molecule is CC(C)N1CCC2(CC1)CN(S(=O)(=O)c1ccc(F)cc1)CC2c1nncn1C. The highest BCUT2D eigenvalue weighted by Crippen LogP contribution is 2.50. The van der Waals surface area contributed by atoms with Gasteiger partial charge in [0.15, 0.2) is 0 Å². The van der Waals surface area contributed by atoms with E-state index in [-0.39, 0.29) is 16.2 Å². The molecule has 0 N–H and O–H groups in total. The third kappa shape index (κ3) is 3.60. The zero-order valence-electron chi connectivity index (χ0n) is 17.1. The molecule has 2 aliphatic rings. The molecule has 0 radical (unpaired) electrons. The number of halogens is 1. The minimum absolute atomic E-state index is 0.0143. The summed E-state index contributed by atoms with van der Waals surface area (Å²) in [7, 11) is -1.80. The number of rotatable bonds is 4. The van der Waals surface area contributed by atoms with E-state index in [1.54, 1.807) is 10.6 Å². The number of benzene rings is 1. The minimum Gasteiger partial charge on any atom is -0.320 e. The quantitative estimate of drug-likeness (QED) is 0.757. The number of likely N-dealkylation sites (tertiary alicyclic amines) is 1. The third-order valence-corrected chi connectivity index (χ3v) is 8.48. The number of aromatic nitrogens is 3. The van der Waals surface area contributed by atoms with Crippen LogP contribution < -0.4 is 0 Å². The second-order valence-electron chi connectivity index (χ2n) is 8.60. The van der Waals surface area contributed by atoms with Crippen molar-refractivity contribution in [3.8, 4) is 0 Å². The summed E-state index contributed by atoms with van der Waals surface area (Å²) in [6.07, 6.45) is 3.50. The molecule has 1 unspecified atom stereocenters. The lowest BCUT2D eigenvalue weighted by atomic mass is 9.70. The summed E-state index contributed by atoms with van der Waals surface area (Å²) >= 11 is 0. The van der Waals surface area contributed by atoms with E-state index in [9.17, 15) is 12.8 Å². The minimum atomic E-state index is -3.70. The molecule has 1 spiro atoms. The van der Waals surface area contributed by atoms with Gasteiger partial charge in [0.1, 0.15) is 18.0 Å². The van der Waals surface area contributed by atoms with Gasteiger partial charge in [-0.15, -0.1) is 10.2 Å². The maximum Gasteiger partial charge on any atom is 0.243 e. The first-order chi connectivity index (χ1) is 13.7. The smallest absolute Gasteiger partial charge is 0.243 e. The molecule has 0 amide bonds. The van der Waals surface area contributed by atoms with Crippen molar-refractivity contribution in [2.75, 3.05) is 26.2 Å². The Morgan fingerprint density at radius 2 is 1.83 bits per heavy atom. The number of piperidine rings is 1. The van der Waals surface area contributed by atoms with Gasteiger partial charge in [0.25, 0.3) is 0 Å². The normalized spacial score (nSPS) is 23.3. The van der Waals surface area contributed by atoms with Gasteiger partial charge < -0.3 is 9.47 Å². The van der Waals surface area contributed by atoms with Crippen LogP contribution in [0.5, 0.6) is 0 Å². The van der Waals surface area contributed by atoms with Gasteiger partial charge in [0.2, 0.25) is 10.0 Å². The third-order valence-electron chi connectivity index (χ3n) is 6.65. The second kappa shape index (κ2) is 7.45. The molecule has 2 aromatic rings. The van der Waals surface area contributed by atoms with Crippen molar-refractivity contribution in [2.24, 2.45) is 12.5 Å². The highest BCUT2D eigenvalue weighted by atomic mass is 32.2. The molecule has 3 heterocycles. The van der Waals surface area contributed by atoms with Crippen molar-refractivity contribution in [1.29, 1.82) is 0 Å². The van der Waals surface area contributed by atoms with Crippen LogP contribution in [0.4, 0.5) is 4.39 Å². The fourth-order valence-electron chi connectivity index (χ4n) is 4.82. The van der Waals surface area contributed by atoms with E-state index in [0.717, 1.165) is 31.8 Å². The molecule has 29 heavy (non-hydrogen) atoms. The van der Waals surface area contributed by atoms with Gasteiger partial charge in [0.05, 0.1) is 4.90 Å². The first-order valence-electron chi connectivity index (χ1n) is 10.1. The molecule has 2 saturated heterocycles. The van der Waals surface area contributed by atoms with Crippen molar-refractivity contribution in [3.63, 3.8) is 0 Å². The van der Waals surface area contributed by atoms with Crippen LogP contribution in [0.15, 0.2) is 35.5 Å². The summed E-state index contributed by atoms with van der Waals surface area (Å²) in [4.78, 5) is 2.57. The van der Waals surface area contributed by atoms with Gasteiger partial charge in [-0.25, -0.2) is 12.8 Å².